The van der Waals surface area contributed by atoms with Gasteiger partial charge in [0.2, 0.25) is 0 Å². The van der Waals surface area contributed by atoms with Crippen LogP contribution in [0.3, 0.4) is 0 Å². The van der Waals surface area contributed by atoms with Gasteiger partial charge in [0, 0.05) is 18.2 Å². The minimum Gasteiger partial charge on any atom is -0.396 e. The van der Waals surface area contributed by atoms with E-state index in [1.807, 2.05) is 0 Å². The summed E-state index contributed by atoms with van der Waals surface area (Å²) in [4.78, 5) is 2.61. The number of aliphatic hydroxyl groups excluding tert-OH is 1. The fourth-order valence-electron chi connectivity index (χ4n) is 3.98. The van der Waals surface area contributed by atoms with Gasteiger partial charge < -0.3 is 15.3 Å². The number of hydrogen-bond donors (Lipinski definition) is 2. The lowest BCUT2D eigenvalue weighted by molar-refractivity contribution is 0.226. The van der Waals surface area contributed by atoms with Gasteiger partial charge in [-0.2, -0.15) is 0 Å². The standard InChI is InChI=1S/C21H32N2O/c24-17-19-7-2-3-8-21(19)18-9-11-20(12-10-18)22-13-6-16-23-14-4-1-5-15-23/h2-3,8-9,11,19,22,24H,1,4-7,10,12-17H2. The fourth-order valence-corrected chi connectivity index (χ4v) is 3.98. The molecule has 0 amide bonds. The van der Waals surface area contributed by atoms with Crippen molar-refractivity contribution in [2.75, 3.05) is 32.8 Å². The highest BCUT2D eigenvalue weighted by Crippen LogP contribution is 2.31. The quantitative estimate of drug-likeness (QED) is 0.702. The van der Waals surface area contributed by atoms with E-state index in [1.165, 1.54) is 62.2 Å². The molecule has 2 aliphatic carbocycles. The van der Waals surface area contributed by atoms with Gasteiger partial charge in [-0.05, 0) is 75.4 Å². The first-order chi connectivity index (χ1) is 11.9. The second-order valence-electron chi connectivity index (χ2n) is 7.23. The van der Waals surface area contributed by atoms with Crippen molar-refractivity contribution >= 4 is 0 Å². The zero-order chi connectivity index (χ0) is 16.6. The maximum absolute atomic E-state index is 9.56. The highest BCUT2D eigenvalue weighted by molar-refractivity contribution is 5.42. The summed E-state index contributed by atoms with van der Waals surface area (Å²) in [5.41, 5.74) is 4.10. The number of hydrogen-bond acceptors (Lipinski definition) is 3. The molecule has 3 aliphatic rings. The second kappa shape index (κ2) is 9.24. The van der Waals surface area contributed by atoms with Crippen molar-refractivity contribution in [2.45, 2.75) is 44.9 Å². The lowest BCUT2D eigenvalue weighted by atomic mass is 9.83. The molecule has 0 saturated carbocycles. The molecule has 0 aromatic heterocycles. The Labute approximate surface area is 146 Å². The molecule has 0 aromatic rings. The summed E-state index contributed by atoms with van der Waals surface area (Å²) in [6.07, 6.45) is 19.5. The van der Waals surface area contributed by atoms with Gasteiger partial charge in [0.15, 0.2) is 0 Å². The third kappa shape index (κ3) is 4.84. The molecule has 1 aliphatic heterocycles. The summed E-state index contributed by atoms with van der Waals surface area (Å²) >= 11 is 0. The van der Waals surface area contributed by atoms with Crippen molar-refractivity contribution in [2.24, 2.45) is 5.92 Å². The summed E-state index contributed by atoms with van der Waals surface area (Å²) < 4.78 is 0. The largest absolute Gasteiger partial charge is 0.396 e. The van der Waals surface area contributed by atoms with Gasteiger partial charge in [-0.1, -0.05) is 30.7 Å². The molecular weight excluding hydrogens is 296 g/mol. The number of allylic oxidation sites excluding steroid dienone is 7. The van der Waals surface area contributed by atoms with Crippen molar-refractivity contribution in [1.82, 2.24) is 10.2 Å². The van der Waals surface area contributed by atoms with Crippen LogP contribution >= 0.6 is 0 Å². The van der Waals surface area contributed by atoms with Gasteiger partial charge in [-0.25, -0.2) is 0 Å². The number of nitrogens with one attached hydrogen (secondary N) is 1. The molecule has 3 nitrogen and oxygen atoms in total. The van der Waals surface area contributed by atoms with Crippen LogP contribution in [-0.4, -0.2) is 42.8 Å². The summed E-state index contributed by atoms with van der Waals surface area (Å²) in [5, 5.41) is 13.2. The van der Waals surface area contributed by atoms with Gasteiger partial charge in [0.1, 0.15) is 0 Å². The molecule has 1 unspecified atom stereocenters. The van der Waals surface area contributed by atoms with Crippen LogP contribution in [-0.2, 0) is 0 Å². The normalized spacial score (nSPS) is 25.0. The van der Waals surface area contributed by atoms with Crippen LogP contribution in [0, 0.1) is 5.92 Å². The molecule has 0 bridgehead atoms. The summed E-state index contributed by atoms with van der Waals surface area (Å²) in [5.74, 6) is 0.286. The summed E-state index contributed by atoms with van der Waals surface area (Å²) in [6, 6.07) is 0. The van der Waals surface area contributed by atoms with Crippen LogP contribution in [0.4, 0.5) is 0 Å². The molecule has 0 spiro atoms. The molecule has 1 heterocycles. The molecule has 1 fully saturated rings. The Bertz CT molecular complexity index is 524. The number of likely N-dealkylation sites (tertiary alicyclic amines) is 1. The van der Waals surface area contributed by atoms with Crippen LogP contribution in [0.5, 0.6) is 0 Å². The Morgan fingerprint density at radius 3 is 2.71 bits per heavy atom. The second-order valence-corrected chi connectivity index (χ2v) is 7.23. The zero-order valence-corrected chi connectivity index (χ0v) is 14.8. The van der Waals surface area contributed by atoms with Crippen molar-refractivity contribution in [3.8, 4) is 0 Å². The summed E-state index contributed by atoms with van der Waals surface area (Å²) in [6.45, 7) is 5.16. The minimum atomic E-state index is 0.249. The first kappa shape index (κ1) is 17.5. The number of piperidine rings is 1. The highest BCUT2D eigenvalue weighted by Gasteiger charge is 2.19. The maximum Gasteiger partial charge on any atom is 0.0502 e. The zero-order valence-electron chi connectivity index (χ0n) is 14.8. The van der Waals surface area contributed by atoms with Crippen molar-refractivity contribution < 1.29 is 5.11 Å². The van der Waals surface area contributed by atoms with E-state index >= 15 is 0 Å². The summed E-state index contributed by atoms with van der Waals surface area (Å²) in [7, 11) is 0. The average molecular weight is 329 g/mol. The van der Waals surface area contributed by atoms with Crippen LogP contribution in [0.25, 0.3) is 0 Å². The maximum atomic E-state index is 9.56. The van der Waals surface area contributed by atoms with Gasteiger partial charge in [0.25, 0.3) is 0 Å². The van der Waals surface area contributed by atoms with Crippen molar-refractivity contribution in [3.63, 3.8) is 0 Å². The Kier molecular flexibility index (Phi) is 6.74. The average Bonchev–Trinajstić information content (AvgIpc) is 2.66. The smallest absolute Gasteiger partial charge is 0.0502 e. The predicted molar refractivity (Wildman–Crippen MR) is 101 cm³/mol. The molecule has 0 aromatic carbocycles. The van der Waals surface area contributed by atoms with E-state index in [-0.39, 0.29) is 12.5 Å². The molecule has 3 heteroatoms. The first-order valence-electron chi connectivity index (χ1n) is 9.71. The molecular formula is C21H32N2O. The number of rotatable bonds is 7. The fraction of sp³-hybridized carbons (Fsp3) is 0.619. The van der Waals surface area contributed by atoms with Crippen molar-refractivity contribution in [3.05, 3.63) is 47.2 Å². The van der Waals surface area contributed by atoms with Gasteiger partial charge in [0.05, 0.1) is 6.61 Å². The SMILES string of the molecule is OCC1CC=CC=C1C1=CC=C(NCCCN2CCCCC2)CC1. The highest BCUT2D eigenvalue weighted by atomic mass is 16.3. The number of nitrogens with zero attached hydrogens (tertiary/aromatic N) is 1. The van der Waals surface area contributed by atoms with E-state index < -0.39 is 0 Å². The first-order valence-corrected chi connectivity index (χ1v) is 9.71. The molecule has 1 atom stereocenters. The molecule has 3 rings (SSSR count). The van der Waals surface area contributed by atoms with Crippen LogP contribution in [0.2, 0.25) is 0 Å². The third-order valence-electron chi connectivity index (χ3n) is 5.46. The predicted octanol–water partition coefficient (Wildman–Crippen LogP) is 3.55. The van der Waals surface area contributed by atoms with E-state index in [0.717, 1.165) is 25.8 Å². The van der Waals surface area contributed by atoms with E-state index in [9.17, 15) is 5.11 Å². The lowest BCUT2D eigenvalue weighted by Gasteiger charge is -2.27. The topological polar surface area (TPSA) is 35.5 Å². The van der Waals surface area contributed by atoms with E-state index in [4.69, 9.17) is 0 Å². The molecule has 0 radical (unpaired) electrons. The van der Waals surface area contributed by atoms with Crippen molar-refractivity contribution in [1.29, 1.82) is 0 Å². The minimum absolute atomic E-state index is 0.249. The molecule has 2 N–H and O–H groups in total. The van der Waals surface area contributed by atoms with Gasteiger partial charge in [-0.15, -0.1) is 0 Å². The Morgan fingerprint density at radius 2 is 1.96 bits per heavy atom. The van der Waals surface area contributed by atoms with Crippen LogP contribution in [0.15, 0.2) is 47.2 Å². The molecule has 132 valence electrons. The number of aliphatic hydroxyl groups is 1. The Morgan fingerprint density at radius 1 is 1.08 bits per heavy atom. The van der Waals surface area contributed by atoms with Crippen LogP contribution in [0.1, 0.15) is 44.9 Å². The Balaban J connectivity index is 1.43. The monoisotopic (exact) mass is 328 g/mol. The van der Waals surface area contributed by atoms with E-state index in [0.29, 0.717) is 0 Å². The molecule has 24 heavy (non-hydrogen) atoms. The Hall–Kier alpha value is -1.32. The third-order valence-corrected chi connectivity index (χ3v) is 5.46. The molecule has 1 saturated heterocycles. The van der Waals surface area contributed by atoms with Gasteiger partial charge >= 0.3 is 0 Å². The van der Waals surface area contributed by atoms with Crippen LogP contribution < -0.4 is 5.32 Å². The van der Waals surface area contributed by atoms with E-state index in [1.54, 1.807) is 0 Å². The lowest BCUT2D eigenvalue weighted by Crippen LogP contribution is -2.32. The van der Waals surface area contributed by atoms with Gasteiger partial charge in [-0.3, -0.25) is 0 Å². The van der Waals surface area contributed by atoms with E-state index in [2.05, 4.69) is 40.6 Å².